The number of methoxy groups -OCH3 is 1. The van der Waals surface area contributed by atoms with E-state index in [1.54, 1.807) is 30.3 Å². The lowest BCUT2D eigenvalue weighted by Crippen LogP contribution is -2.09. The highest BCUT2D eigenvalue weighted by Gasteiger charge is 2.20. The van der Waals surface area contributed by atoms with E-state index in [0.29, 0.717) is 5.56 Å². The Kier molecular flexibility index (Phi) is 3.40. The maximum absolute atomic E-state index is 13.6. The predicted octanol–water partition coefficient (Wildman–Crippen LogP) is 2.43. The number of rotatable bonds is 3. The number of hydrogen-bond acceptors (Lipinski definition) is 2. The molecular weight excluding hydrogens is 183 g/mol. The minimum absolute atomic E-state index is 0.182. The monoisotopic (exact) mass is 194 g/mol. The molecule has 0 N–H and O–H groups in total. The third kappa shape index (κ3) is 2.19. The van der Waals surface area contributed by atoms with Crippen molar-refractivity contribution < 1.29 is 13.9 Å². The summed E-state index contributed by atoms with van der Waals surface area (Å²) in [5.41, 5.74) is 0.224. The van der Waals surface area contributed by atoms with E-state index in [1.165, 1.54) is 7.11 Å². The maximum Gasteiger partial charge on any atom is 0.336 e. The molecule has 1 aromatic rings. The summed E-state index contributed by atoms with van der Waals surface area (Å²) in [6.45, 7) is 3.35. The quantitative estimate of drug-likeness (QED) is 0.545. The average Bonchev–Trinajstić information content (AvgIpc) is 2.27. The largest absolute Gasteiger partial charge is 0.466 e. The average molecular weight is 194 g/mol. The number of benzene rings is 1. The molecule has 0 spiro atoms. The van der Waals surface area contributed by atoms with Crippen LogP contribution in [-0.4, -0.2) is 13.1 Å². The lowest BCUT2D eigenvalue weighted by Gasteiger charge is -2.09. The molecule has 0 aliphatic heterocycles. The second kappa shape index (κ2) is 4.56. The van der Waals surface area contributed by atoms with Crippen LogP contribution in [0.3, 0.4) is 0 Å². The first-order valence-electron chi connectivity index (χ1n) is 4.13. The summed E-state index contributed by atoms with van der Waals surface area (Å²) in [6, 6.07) is 8.37. The Bertz CT molecular complexity index is 332. The van der Waals surface area contributed by atoms with Crippen molar-refractivity contribution in [3.8, 4) is 0 Å². The Balaban J connectivity index is 2.81. The van der Waals surface area contributed by atoms with Crippen molar-refractivity contribution >= 4 is 5.97 Å². The zero-order valence-corrected chi connectivity index (χ0v) is 7.87. The predicted molar refractivity (Wildman–Crippen MR) is 51.4 cm³/mol. The van der Waals surface area contributed by atoms with Crippen LogP contribution in [0.2, 0.25) is 0 Å². The molecule has 0 amide bonds. The Morgan fingerprint density at radius 2 is 2.00 bits per heavy atom. The van der Waals surface area contributed by atoms with Crippen molar-refractivity contribution in [1.29, 1.82) is 0 Å². The van der Waals surface area contributed by atoms with E-state index in [4.69, 9.17) is 0 Å². The zero-order chi connectivity index (χ0) is 10.6. The van der Waals surface area contributed by atoms with Gasteiger partial charge in [-0.1, -0.05) is 36.9 Å². The Hall–Kier alpha value is -1.64. The Morgan fingerprint density at radius 3 is 2.50 bits per heavy atom. The lowest BCUT2D eigenvalue weighted by atomic mass is 10.0. The minimum atomic E-state index is -1.50. The molecule has 1 aromatic carbocycles. The molecule has 0 aromatic heterocycles. The summed E-state index contributed by atoms with van der Waals surface area (Å²) in [5, 5.41) is 0. The van der Waals surface area contributed by atoms with Crippen LogP contribution >= 0.6 is 0 Å². The number of ether oxygens (including phenoxy) is 1. The molecular formula is C11H11FO2. The molecule has 0 aliphatic rings. The van der Waals surface area contributed by atoms with E-state index < -0.39 is 12.1 Å². The van der Waals surface area contributed by atoms with Gasteiger partial charge in [0.2, 0.25) is 0 Å². The Labute approximate surface area is 82.0 Å². The number of esters is 1. The van der Waals surface area contributed by atoms with Gasteiger partial charge in [0, 0.05) is 0 Å². The highest BCUT2D eigenvalue weighted by molar-refractivity contribution is 5.88. The van der Waals surface area contributed by atoms with E-state index in [0.717, 1.165) is 0 Å². The van der Waals surface area contributed by atoms with Gasteiger partial charge in [0.15, 0.2) is 6.17 Å². The number of carbonyl (C=O) groups is 1. The SMILES string of the molecule is C=C(C(=O)OC)[C@@H](F)c1ccccc1. The molecule has 0 aliphatic carbocycles. The molecule has 14 heavy (non-hydrogen) atoms. The molecule has 0 unspecified atom stereocenters. The Morgan fingerprint density at radius 1 is 1.43 bits per heavy atom. The van der Waals surface area contributed by atoms with Gasteiger partial charge in [-0.15, -0.1) is 0 Å². The second-order valence-corrected chi connectivity index (χ2v) is 2.79. The van der Waals surface area contributed by atoms with Gasteiger partial charge >= 0.3 is 5.97 Å². The zero-order valence-electron chi connectivity index (χ0n) is 7.87. The van der Waals surface area contributed by atoms with Crippen LogP contribution in [0.4, 0.5) is 4.39 Å². The fraction of sp³-hybridized carbons (Fsp3) is 0.182. The third-order valence-electron chi connectivity index (χ3n) is 1.85. The number of hydrogen-bond donors (Lipinski definition) is 0. The van der Waals surface area contributed by atoms with Crippen molar-refractivity contribution in [2.75, 3.05) is 7.11 Å². The summed E-state index contributed by atoms with van der Waals surface area (Å²) in [4.78, 5) is 11.0. The molecule has 0 fully saturated rings. The molecule has 1 atom stereocenters. The number of alkyl halides is 1. The molecule has 74 valence electrons. The van der Waals surface area contributed by atoms with Crippen LogP contribution in [0.1, 0.15) is 11.7 Å². The van der Waals surface area contributed by atoms with Gasteiger partial charge in [0.05, 0.1) is 12.7 Å². The van der Waals surface area contributed by atoms with Crippen LogP contribution in [-0.2, 0) is 9.53 Å². The molecule has 0 saturated heterocycles. The van der Waals surface area contributed by atoms with Gasteiger partial charge in [-0.3, -0.25) is 0 Å². The minimum Gasteiger partial charge on any atom is -0.466 e. The standard InChI is InChI=1S/C11H11FO2/c1-8(11(13)14-2)10(12)9-6-4-3-5-7-9/h3-7,10H,1H2,2H3/t10-/m1/s1. The van der Waals surface area contributed by atoms with Crippen LogP contribution in [0.5, 0.6) is 0 Å². The summed E-state index contributed by atoms with van der Waals surface area (Å²) in [6.07, 6.45) is -1.50. The summed E-state index contributed by atoms with van der Waals surface area (Å²) in [7, 11) is 1.20. The van der Waals surface area contributed by atoms with Crippen molar-refractivity contribution in [3.05, 3.63) is 48.0 Å². The van der Waals surface area contributed by atoms with Crippen LogP contribution < -0.4 is 0 Å². The van der Waals surface area contributed by atoms with Gasteiger partial charge in [-0.2, -0.15) is 0 Å². The highest BCUT2D eigenvalue weighted by Crippen LogP contribution is 2.24. The van der Waals surface area contributed by atoms with E-state index in [1.807, 2.05) is 0 Å². The lowest BCUT2D eigenvalue weighted by molar-refractivity contribution is -0.136. The molecule has 1 rings (SSSR count). The van der Waals surface area contributed by atoms with Gasteiger partial charge in [0.1, 0.15) is 0 Å². The van der Waals surface area contributed by atoms with Crippen LogP contribution in [0, 0.1) is 0 Å². The summed E-state index contributed by atoms with van der Waals surface area (Å²) < 4.78 is 17.9. The van der Waals surface area contributed by atoms with Gasteiger partial charge in [-0.25, -0.2) is 9.18 Å². The second-order valence-electron chi connectivity index (χ2n) is 2.79. The van der Waals surface area contributed by atoms with Crippen LogP contribution in [0.25, 0.3) is 0 Å². The third-order valence-corrected chi connectivity index (χ3v) is 1.85. The first-order chi connectivity index (χ1) is 6.66. The highest BCUT2D eigenvalue weighted by atomic mass is 19.1. The summed E-state index contributed by atoms with van der Waals surface area (Å²) >= 11 is 0. The molecule has 3 heteroatoms. The maximum atomic E-state index is 13.6. The first kappa shape index (κ1) is 10.4. The van der Waals surface area contributed by atoms with Crippen molar-refractivity contribution in [3.63, 3.8) is 0 Å². The number of halogens is 1. The fourth-order valence-electron chi connectivity index (χ4n) is 1.06. The molecule has 2 nitrogen and oxygen atoms in total. The van der Waals surface area contributed by atoms with E-state index in [-0.39, 0.29) is 5.57 Å². The van der Waals surface area contributed by atoms with Gasteiger partial charge in [0.25, 0.3) is 0 Å². The van der Waals surface area contributed by atoms with Crippen LogP contribution in [0.15, 0.2) is 42.5 Å². The van der Waals surface area contributed by atoms with Gasteiger partial charge in [-0.05, 0) is 5.56 Å². The first-order valence-corrected chi connectivity index (χ1v) is 4.13. The van der Waals surface area contributed by atoms with Crippen molar-refractivity contribution in [1.82, 2.24) is 0 Å². The van der Waals surface area contributed by atoms with Crippen molar-refractivity contribution in [2.45, 2.75) is 6.17 Å². The van der Waals surface area contributed by atoms with E-state index >= 15 is 0 Å². The van der Waals surface area contributed by atoms with E-state index in [2.05, 4.69) is 11.3 Å². The fourth-order valence-corrected chi connectivity index (χ4v) is 1.06. The van der Waals surface area contributed by atoms with Crippen molar-refractivity contribution in [2.24, 2.45) is 0 Å². The summed E-state index contributed by atoms with van der Waals surface area (Å²) in [5.74, 6) is -0.721. The molecule has 0 radical (unpaired) electrons. The van der Waals surface area contributed by atoms with E-state index in [9.17, 15) is 9.18 Å². The topological polar surface area (TPSA) is 26.3 Å². The normalized spacial score (nSPS) is 11.9. The molecule has 0 heterocycles. The number of carbonyl (C=O) groups excluding carboxylic acids is 1. The smallest absolute Gasteiger partial charge is 0.336 e. The van der Waals surface area contributed by atoms with Gasteiger partial charge < -0.3 is 4.74 Å². The molecule has 0 bridgehead atoms. The molecule has 0 saturated carbocycles.